The Morgan fingerprint density at radius 2 is 1.37 bits per heavy atom. The molecule has 0 saturated carbocycles. The van der Waals surface area contributed by atoms with E-state index in [1.165, 1.54) is 17.7 Å². The summed E-state index contributed by atoms with van der Waals surface area (Å²) in [5, 5.41) is 0. The van der Waals surface area contributed by atoms with Crippen LogP contribution >= 0.6 is 0 Å². The molecule has 0 amide bonds. The first-order chi connectivity index (χ1) is 14.6. The predicted molar refractivity (Wildman–Crippen MR) is 117 cm³/mol. The van der Waals surface area contributed by atoms with Gasteiger partial charge in [0.25, 0.3) is 15.9 Å². The van der Waals surface area contributed by atoms with Gasteiger partial charge in [0.15, 0.2) is 0 Å². The number of hydrogen-bond acceptors (Lipinski definition) is 5. The van der Waals surface area contributed by atoms with Crippen LogP contribution in [-0.2, 0) is 16.4 Å². The number of fused-ring (bicyclic) bond motifs is 1. The molecule has 0 radical (unpaired) electrons. The van der Waals surface area contributed by atoms with Crippen LogP contribution in [-0.4, -0.2) is 25.0 Å². The number of nitrogens with zero attached hydrogens (tertiary/aromatic N) is 2. The van der Waals surface area contributed by atoms with E-state index < -0.39 is 10.0 Å². The van der Waals surface area contributed by atoms with Crippen LogP contribution in [0.5, 0.6) is 5.88 Å². The predicted octanol–water partition coefficient (Wildman–Crippen LogP) is 4.44. The fraction of sp³-hybridized carbons (Fsp3) is 0.130. The van der Waals surface area contributed by atoms with E-state index in [1.54, 1.807) is 24.3 Å². The molecule has 0 saturated heterocycles. The van der Waals surface area contributed by atoms with Gasteiger partial charge >= 0.3 is 0 Å². The van der Waals surface area contributed by atoms with Gasteiger partial charge in [-0.1, -0.05) is 60.7 Å². The zero-order valence-corrected chi connectivity index (χ0v) is 17.0. The molecule has 0 aliphatic rings. The number of hydrogen-bond donors (Lipinski definition) is 1. The first-order valence-corrected chi connectivity index (χ1v) is 11.1. The molecule has 152 valence electrons. The van der Waals surface area contributed by atoms with Crippen molar-refractivity contribution in [3.8, 4) is 5.88 Å². The van der Waals surface area contributed by atoms with Gasteiger partial charge in [0, 0.05) is 0 Å². The average Bonchev–Trinajstić information content (AvgIpc) is 2.78. The van der Waals surface area contributed by atoms with Gasteiger partial charge in [0.05, 0.1) is 22.5 Å². The maximum absolute atomic E-state index is 12.8. The van der Waals surface area contributed by atoms with Crippen LogP contribution in [0.4, 0.5) is 5.82 Å². The van der Waals surface area contributed by atoms with Crippen LogP contribution in [0.3, 0.4) is 0 Å². The molecular formula is C23H21N3O3S. The molecule has 1 aromatic heterocycles. The second-order valence-electron chi connectivity index (χ2n) is 6.72. The number of anilines is 1. The van der Waals surface area contributed by atoms with Crippen LogP contribution in [0.25, 0.3) is 11.0 Å². The third-order valence-corrected chi connectivity index (χ3v) is 5.87. The first-order valence-electron chi connectivity index (χ1n) is 9.63. The number of rotatable bonds is 8. The van der Waals surface area contributed by atoms with Crippen LogP contribution in [0, 0.1) is 0 Å². The minimum Gasteiger partial charge on any atom is -0.475 e. The molecule has 1 N–H and O–H groups in total. The van der Waals surface area contributed by atoms with Gasteiger partial charge in [-0.15, -0.1) is 0 Å². The number of sulfonamides is 1. The highest BCUT2D eigenvalue weighted by atomic mass is 32.2. The van der Waals surface area contributed by atoms with Crippen molar-refractivity contribution in [1.82, 2.24) is 9.97 Å². The third-order valence-electron chi connectivity index (χ3n) is 4.51. The molecule has 0 aliphatic heterocycles. The SMILES string of the molecule is O=S(=O)(Nc1nc2ccccc2nc1OCCCc1ccccc1)c1ccccc1. The Balaban J connectivity index is 1.56. The van der Waals surface area contributed by atoms with Crippen LogP contribution in [0.15, 0.2) is 89.8 Å². The lowest BCUT2D eigenvalue weighted by Crippen LogP contribution is -2.16. The molecule has 0 spiro atoms. The summed E-state index contributed by atoms with van der Waals surface area (Å²) in [5.41, 5.74) is 2.44. The maximum atomic E-state index is 12.8. The van der Waals surface area contributed by atoms with E-state index in [4.69, 9.17) is 4.74 Å². The minimum atomic E-state index is -3.81. The molecule has 0 atom stereocenters. The second-order valence-corrected chi connectivity index (χ2v) is 8.40. The average molecular weight is 420 g/mol. The zero-order valence-electron chi connectivity index (χ0n) is 16.2. The van der Waals surface area contributed by atoms with Gasteiger partial charge in [-0.2, -0.15) is 0 Å². The molecule has 0 unspecified atom stereocenters. The molecule has 6 nitrogen and oxygen atoms in total. The summed E-state index contributed by atoms with van der Waals surface area (Å²) in [6.45, 7) is 0.391. The Morgan fingerprint density at radius 3 is 2.07 bits per heavy atom. The lowest BCUT2D eigenvalue weighted by Gasteiger charge is -2.13. The van der Waals surface area contributed by atoms with Gasteiger partial charge in [-0.25, -0.2) is 18.4 Å². The number of nitrogens with one attached hydrogen (secondary N) is 1. The summed E-state index contributed by atoms with van der Waals surface area (Å²) in [6.07, 6.45) is 1.62. The summed E-state index contributed by atoms with van der Waals surface area (Å²) in [6, 6.07) is 25.5. The lowest BCUT2D eigenvalue weighted by atomic mass is 10.1. The maximum Gasteiger partial charge on any atom is 0.263 e. The van der Waals surface area contributed by atoms with Gasteiger partial charge in [0.2, 0.25) is 5.82 Å². The number of ether oxygens (including phenoxy) is 1. The molecule has 4 rings (SSSR count). The normalized spacial score (nSPS) is 11.3. The third kappa shape index (κ3) is 4.75. The summed E-state index contributed by atoms with van der Waals surface area (Å²) in [5.74, 6) is 0.249. The van der Waals surface area contributed by atoms with E-state index in [9.17, 15) is 8.42 Å². The Kier molecular flexibility index (Phi) is 5.90. The summed E-state index contributed by atoms with van der Waals surface area (Å²) < 4.78 is 33.9. The van der Waals surface area contributed by atoms with Gasteiger partial charge in [-0.05, 0) is 42.7 Å². The van der Waals surface area contributed by atoms with Crippen molar-refractivity contribution in [1.29, 1.82) is 0 Å². The number of aryl methyl sites for hydroxylation is 1. The molecule has 0 fully saturated rings. The molecule has 3 aromatic carbocycles. The van der Waals surface area contributed by atoms with Crippen molar-refractivity contribution in [2.24, 2.45) is 0 Å². The van der Waals surface area contributed by atoms with Crippen molar-refractivity contribution < 1.29 is 13.2 Å². The van der Waals surface area contributed by atoms with E-state index >= 15 is 0 Å². The molecule has 4 aromatic rings. The fourth-order valence-electron chi connectivity index (χ4n) is 3.03. The minimum absolute atomic E-state index is 0.0808. The largest absolute Gasteiger partial charge is 0.475 e. The monoisotopic (exact) mass is 419 g/mol. The number of aromatic nitrogens is 2. The standard InChI is InChI=1S/C23H21N3O3S/c27-30(28,19-13-5-2-6-14-19)26-22-23(25-21-16-8-7-15-20(21)24-22)29-17-9-12-18-10-3-1-4-11-18/h1-8,10-11,13-16H,9,12,17H2,(H,24,26). The molecule has 7 heteroatoms. The Bertz CT molecular complexity index is 1230. The number of para-hydroxylation sites is 2. The van der Waals surface area contributed by atoms with Gasteiger partial charge < -0.3 is 4.74 Å². The summed E-state index contributed by atoms with van der Waals surface area (Å²) >= 11 is 0. The molecule has 30 heavy (non-hydrogen) atoms. The van der Waals surface area contributed by atoms with Crippen molar-refractivity contribution in [2.45, 2.75) is 17.7 Å². The lowest BCUT2D eigenvalue weighted by molar-refractivity contribution is 0.301. The Hall–Kier alpha value is -3.45. The van der Waals surface area contributed by atoms with Gasteiger partial charge in [0.1, 0.15) is 0 Å². The van der Waals surface area contributed by atoms with E-state index in [-0.39, 0.29) is 16.6 Å². The summed E-state index contributed by atoms with van der Waals surface area (Å²) in [4.78, 5) is 9.08. The summed E-state index contributed by atoms with van der Waals surface area (Å²) in [7, 11) is -3.81. The molecule has 1 heterocycles. The number of benzene rings is 3. The second kappa shape index (κ2) is 8.92. The highest BCUT2D eigenvalue weighted by molar-refractivity contribution is 7.92. The quantitative estimate of drug-likeness (QED) is 0.427. The highest BCUT2D eigenvalue weighted by Crippen LogP contribution is 2.26. The van der Waals surface area contributed by atoms with Crippen molar-refractivity contribution in [3.63, 3.8) is 0 Å². The Labute approximate surface area is 175 Å². The fourth-order valence-corrected chi connectivity index (χ4v) is 4.05. The van der Waals surface area contributed by atoms with Crippen LogP contribution < -0.4 is 9.46 Å². The van der Waals surface area contributed by atoms with Crippen LogP contribution in [0.2, 0.25) is 0 Å². The topological polar surface area (TPSA) is 81.2 Å². The smallest absolute Gasteiger partial charge is 0.263 e. The molecule has 0 bridgehead atoms. The van der Waals surface area contributed by atoms with E-state index in [0.29, 0.717) is 17.6 Å². The van der Waals surface area contributed by atoms with Crippen molar-refractivity contribution in [2.75, 3.05) is 11.3 Å². The van der Waals surface area contributed by atoms with Crippen LogP contribution in [0.1, 0.15) is 12.0 Å². The Morgan fingerprint density at radius 1 is 0.767 bits per heavy atom. The van der Waals surface area contributed by atoms with Crippen molar-refractivity contribution >= 4 is 26.9 Å². The van der Waals surface area contributed by atoms with E-state index in [2.05, 4.69) is 26.8 Å². The molecule has 0 aliphatic carbocycles. The van der Waals surface area contributed by atoms with Gasteiger partial charge in [-0.3, -0.25) is 4.72 Å². The van der Waals surface area contributed by atoms with E-state index in [0.717, 1.165) is 12.8 Å². The molecular weight excluding hydrogens is 398 g/mol. The van der Waals surface area contributed by atoms with E-state index in [1.807, 2.05) is 36.4 Å². The first kappa shape index (κ1) is 19.8. The zero-order chi connectivity index (χ0) is 20.8. The van der Waals surface area contributed by atoms with Crippen molar-refractivity contribution in [3.05, 3.63) is 90.5 Å². The highest BCUT2D eigenvalue weighted by Gasteiger charge is 2.19.